The lowest BCUT2D eigenvalue weighted by atomic mass is 10.0. The van der Waals surface area contributed by atoms with Gasteiger partial charge in [-0.3, -0.25) is 19.0 Å². The fourth-order valence-electron chi connectivity index (χ4n) is 4.14. The molecule has 0 fully saturated rings. The Morgan fingerprint density at radius 3 is 2.39 bits per heavy atom. The lowest BCUT2D eigenvalue weighted by Gasteiger charge is -2.20. The summed E-state index contributed by atoms with van der Waals surface area (Å²) in [6.45, 7) is 7.41. The predicted molar refractivity (Wildman–Crippen MR) is 144 cm³/mol. The summed E-state index contributed by atoms with van der Waals surface area (Å²) in [6.07, 6.45) is 1.06. The van der Waals surface area contributed by atoms with Gasteiger partial charge in [-0.25, -0.2) is 4.98 Å². The normalized spacial score (nSPS) is 11.8. The number of carbonyl (C=O) groups is 2. The molecule has 2 N–H and O–H groups in total. The van der Waals surface area contributed by atoms with Gasteiger partial charge >= 0.3 is 0 Å². The van der Waals surface area contributed by atoms with Crippen molar-refractivity contribution in [3.05, 3.63) is 88.2 Å². The molecule has 0 aliphatic rings. The highest BCUT2D eigenvalue weighted by molar-refractivity contribution is 5.97. The molecule has 0 radical (unpaired) electrons. The molecule has 36 heavy (non-hydrogen) atoms. The van der Waals surface area contributed by atoms with Crippen LogP contribution < -0.4 is 16.2 Å². The monoisotopic (exact) mass is 482 g/mol. The summed E-state index contributed by atoms with van der Waals surface area (Å²) in [5, 5.41) is 5.84. The average Bonchev–Trinajstić information content (AvgIpc) is 2.89. The zero-order valence-electron chi connectivity index (χ0n) is 21.0. The molecular formula is C29H30N4O3. The van der Waals surface area contributed by atoms with Gasteiger partial charge in [0.15, 0.2) is 0 Å². The summed E-state index contributed by atoms with van der Waals surface area (Å²) in [5.41, 5.74) is 4.61. The first-order valence-electron chi connectivity index (χ1n) is 12.1. The van der Waals surface area contributed by atoms with Crippen molar-refractivity contribution in [2.75, 3.05) is 10.6 Å². The Morgan fingerprint density at radius 2 is 1.67 bits per heavy atom. The second kappa shape index (κ2) is 10.6. The van der Waals surface area contributed by atoms with Crippen LogP contribution in [0.1, 0.15) is 44.4 Å². The van der Waals surface area contributed by atoms with E-state index in [4.69, 9.17) is 4.98 Å². The van der Waals surface area contributed by atoms with E-state index in [0.717, 1.165) is 17.5 Å². The van der Waals surface area contributed by atoms with Crippen LogP contribution in [0.15, 0.2) is 71.5 Å². The Morgan fingerprint density at radius 1 is 0.944 bits per heavy atom. The minimum absolute atomic E-state index is 0.160. The van der Waals surface area contributed by atoms with Gasteiger partial charge in [0.05, 0.1) is 16.7 Å². The van der Waals surface area contributed by atoms with E-state index in [1.165, 1.54) is 4.57 Å². The van der Waals surface area contributed by atoms with Gasteiger partial charge < -0.3 is 10.6 Å². The number of aryl methyl sites for hydroxylation is 2. The number of nitrogens with one attached hydrogen (secondary N) is 2. The number of nitrogens with zero attached hydrogens (tertiary/aromatic N) is 2. The molecule has 7 heteroatoms. The third-order valence-electron chi connectivity index (χ3n) is 6.31. The average molecular weight is 483 g/mol. The Labute approximate surface area is 210 Å². The van der Waals surface area contributed by atoms with Gasteiger partial charge in [-0.15, -0.1) is 0 Å². The summed E-state index contributed by atoms with van der Waals surface area (Å²) in [4.78, 5) is 44.2. The van der Waals surface area contributed by atoms with E-state index in [-0.39, 0.29) is 17.5 Å². The first kappa shape index (κ1) is 24.9. The Hall–Kier alpha value is -4.26. The molecule has 0 aliphatic heterocycles. The van der Waals surface area contributed by atoms with E-state index in [1.807, 2.05) is 68.4 Å². The number of anilines is 2. The summed E-state index contributed by atoms with van der Waals surface area (Å²) in [7, 11) is 0. The van der Waals surface area contributed by atoms with Crippen LogP contribution in [0.25, 0.3) is 22.3 Å². The minimum atomic E-state index is -0.813. The van der Waals surface area contributed by atoms with Crippen LogP contribution in [-0.2, 0) is 16.0 Å². The summed E-state index contributed by atoms with van der Waals surface area (Å²) >= 11 is 0. The van der Waals surface area contributed by atoms with Crippen molar-refractivity contribution in [2.45, 2.75) is 46.6 Å². The van der Waals surface area contributed by atoms with Gasteiger partial charge in [0, 0.05) is 17.7 Å². The molecule has 1 unspecified atom stereocenters. The maximum atomic E-state index is 14.0. The number of hydrogen-bond acceptors (Lipinski definition) is 4. The second-order valence-electron chi connectivity index (χ2n) is 8.74. The number of rotatable bonds is 7. The number of benzene rings is 3. The number of carbonyl (C=O) groups excluding carboxylic acids is 2. The standard InChI is InChI=1S/C29H30N4O3/c1-5-20-15-16-23(30-26(34)6-2)21(17-20)27-29(36)33(25-14-10-9-13-24(25)31-27)19(4)28(35)32-22-12-8-7-11-18(22)3/h7-17,19H,5-6H2,1-4H3,(H,30,34)(H,32,35). The molecule has 0 bridgehead atoms. The molecule has 184 valence electrons. The third kappa shape index (κ3) is 4.91. The summed E-state index contributed by atoms with van der Waals surface area (Å²) < 4.78 is 1.48. The largest absolute Gasteiger partial charge is 0.325 e. The molecule has 0 saturated carbocycles. The number of hydrogen-bond donors (Lipinski definition) is 2. The Balaban J connectivity index is 1.89. The smallest absolute Gasteiger partial charge is 0.278 e. The van der Waals surface area contributed by atoms with Crippen LogP contribution >= 0.6 is 0 Å². The molecule has 4 rings (SSSR count). The van der Waals surface area contributed by atoms with Gasteiger partial charge in [0.25, 0.3) is 5.56 Å². The zero-order chi connectivity index (χ0) is 25.8. The van der Waals surface area contributed by atoms with Crippen molar-refractivity contribution in [3.63, 3.8) is 0 Å². The molecule has 2 amide bonds. The Kier molecular flexibility index (Phi) is 7.29. The molecule has 4 aromatic rings. The fourth-order valence-corrected chi connectivity index (χ4v) is 4.14. The maximum Gasteiger partial charge on any atom is 0.278 e. The molecule has 0 aliphatic carbocycles. The molecule has 3 aromatic carbocycles. The van der Waals surface area contributed by atoms with E-state index in [9.17, 15) is 14.4 Å². The zero-order valence-corrected chi connectivity index (χ0v) is 21.0. The van der Waals surface area contributed by atoms with Crippen molar-refractivity contribution in [1.29, 1.82) is 0 Å². The summed E-state index contributed by atoms with van der Waals surface area (Å²) in [6, 6.07) is 19.6. The number of fused-ring (bicyclic) bond motifs is 1. The first-order chi connectivity index (χ1) is 17.3. The molecule has 0 saturated heterocycles. The van der Waals surface area contributed by atoms with Crippen molar-refractivity contribution < 1.29 is 9.59 Å². The Bertz CT molecular complexity index is 1510. The van der Waals surface area contributed by atoms with Crippen molar-refractivity contribution in [1.82, 2.24) is 9.55 Å². The highest BCUT2D eigenvalue weighted by atomic mass is 16.2. The van der Waals surface area contributed by atoms with Gasteiger partial charge in [-0.2, -0.15) is 0 Å². The number of amides is 2. The van der Waals surface area contributed by atoms with Crippen molar-refractivity contribution in [3.8, 4) is 11.3 Å². The number of aromatic nitrogens is 2. The van der Waals surface area contributed by atoms with E-state index < -0.39 is 11.6 Å². The van der Waals surface area contributed by atoms with Crippen LogP contribution in [0.5, 0.6) is 0 Å². The van der Waals surface area contributed by atoms with Gasteiger partial charge in [-0.05, 0) is 61.7 Å². The van der Waals surface area contributed by atoms with Crippen LogP contribution in [0, 0.1) is 6.92 Å². The maximum absolute atomic E-state index is 14.0. The molecule has 1 atom stereocenters. The van der Waals surface area contributed by atoms with E-state index in [1.54, 1.807) is 26.0 Å². The van der Waals surface area contributed by atoms with Crippen LogP contribution in [0.2, 0.25) is 0 Å². The molecular weight excluding hydrogens is 452 g/mol. The van der Waals surface area contributed by atoms with Crippen LogP contribution in [0.4, 0.5) is 11.4 Å². The second-order valence-corrected chi connectivity index (χ2v) is 8.74. The third-order valence-corrected chi connectivity index (χ3v) is 6.31. The predicted octanol–water partition coefficient (Wildman–Crippen LogP) is 5.48. The molecule has 1 aromatic heterocycles. The van der Waals surface area contributed by atoms with Crippen molar-refractivity contribution >= 4 is 34.2 Å². The SMILES string of the molecule is CCC(=O)Nc1ccc(CC)cc1-c1nc2ccccc2n(C(C)C(=O)Nc2ccccc2C)c1=O. The quantitative estimate of drug-likeness (QED) is 0.365. The van der Waals surface area contributed by atoms with E-state index in [2.05, 4.69) is 10.6 Å². The van der Waals surface area contributed by atoms with E-state index in [0.29, 0.717) is 34.4 Å². The van der Waals surface area contributed by atoms with Gasteiger partial charge in [0.2, 0.25) is 11.8 Å². The van der Waals surface area contributed by atoms with E-state index >= 15 is 0 Å². The molecule has 0 spiro atoms. The van der Waals surface area contributed by atoms with Gasteiger partial charge in [0.1, 0.15) is 11.7 Å². The fraction of sp³-hybridized carbons (Fsp3) is 0.241. The van der Waals surface area contributed by atoms with Crippen molar-refractivity contribution in [2.24, 2.45) is 0 Å². The van der Waals surface area contributed by atoms with Gasteiger partial charge in [-0.1, -0.05) is 50.2 Å². The summed E-state index contributed by atoms with van der Waals surface area (Å²) in [5.74, 6) is -0.469. The van der Waals surface area contributed by atoms with Crippen LogP contribution in [0.3, 0.4) is 0 Å². The highest BCUT2D eigenvalue weighted by Crippen LogP contribution is 2.29. The topological polar surface area (TPSA) is 93.1 Å². The lowest BCUT2D eigenvalue weighted by Crippen LogP contribution is -2.33. The minimum Gasteiger partial charge on any atom is -0.325 e. The lowest BCUT2D eigenvalue weighted by molar-refractivity contribution is -0.119. The van der Waals surface area contributed by atoms with Crippen LogP contribution in [-0.4, -0.2) is 21.4 Å². The molecule has 1 heterocycles. The first-order valence-corrected chi connectivity index (χ1v) is 12.1. The number of para-hydroxylation sites is 3. The molecule has 7 nitrogen and oxygen atoms in total. The highest BCUT2D eigenvalue weighted by Gasteiger charge is 2.23.